The average Bonchev–Trinajstić information content (AvgIpc) is 3.04. The molecule has 1 aromatic heterocycles. The molecule has 0 saturated carbocycles. The summed E-state index contributed by atoms with van der Waals surface area (Å²) in [5.74, 6) is 0.924. The van der Waals surface area contributed by atoms with E-state index < -0.39 is 11.7 Å². The van der Waals surface area contributed by atoms with Crippen LogP contribution in [-0.4, -0.2) is 17.3 Å². The van der Waals surface area contributed by atoms with E-state index in [0.717, 1.165) is 12.1 Å². The fraction of sp³-hybridized carbons (Fsp3) is 0.125. The molecule has 0 fully saturated rings. The van der Waals surface area contributed by atoms with Crippen molar-refractivity contribution in [3.8, 4) is 28.7 Å². The quantitative estimate of drug-likeness (QED) is 0.716. The van der Waals surface area contributed by atoms with E-state index in [1.54, 1.807) is 31.4 Å². The Kier molecular flexibility index (Phi) is 3.77. The number of hydrogen-bond donors (Lipinski definition) is 0. The third kappa shape index (κ3) is 3.18. The molecule has 0 spiro atoms. The van der Waals surface area contributed by atoms with Gasteiger partial charge in [-0.1, -0.05) is 6.07 Å². The molecule has 0 amide bonds. The lowest BCUT2D eigenvalue weighted by atomic mass is 10.1. The summed E-state index contributed by atoms with van der Waals surface area (Å²) in [4.78, 5) is 0. The zero-order valence-electron chi connectivity index (χ0n) is 12.0. The van der Waals surface area contributed by atoms with E-state index in [1.165, 1.54) is 12.1 Å². The Hall–Kier alpha value is -2.83. The summed E-state index contributed by atoms with van der Waals surface area (Å²) >= 11 is 0. The van der Waals surface area contributed by atoms with Crippen LogP contribution in [-0.2, 0) is 6.18 Å². The fourth-order valence-corrected chi connectivity index (χ4v) is 2.02. The van der Waals surface area contributed by atoms with Crippen LogP contribution in [0.25, 0.3) is 22.9 Å². The van der Waals surface area contributed by atoms with Gasteiger partial charge in [-0.15, -0.1) is 10.2 Å². The topological polar surface area (TPSA) is 48.2 Å². The van der Waals surface area contributed by atoms with Gasteiger partial charge in [0.25, 0.3) is 0 Å². The van der Waals surface area contributed by atoms with E-state index in [2.05, 4.69) is 10.2 Å². The Morgan fingerprint density at radius 1 is 0.913 bits per heavy atom. The molecule has 0 unspecified atom stereocenters. The van der Waals surface area contributed by atoms with Crippen LogP contribution in [0.3, 0.4) is 0 Å². The van der Waals surface area contributed by atoms with Crippen molar-refractivity contribution < 1.29 is 22.3 Å². The first-order valence-electron chi connectivity index (χ1n) is 6.63. The third-order valence-corrected chi connectivity index (χ3v) is 3.20. The van der Waals surface area contributed by atoms with Crippen molar-refractivity contribution in [3.63, 3.8) is 0 Å². The minimum Gasteiger partial charge on any atom is -0.497 e. The second-order valence-corrected chi connectivity index (χ2v) is 4.72. The highest BCUT2D eigenvalue weighted by atomic mass is 19.4. The summed E-state index contributed by atoms with van der Waals surface area (Å²) in [5, 5.41) is 7.68. The van der Waals surface area contributed by atoms with Gasteiger partial charge in [0.1, 0.15) is 5.75 Å². The maximum atomic E-state index is 12.7. The number of alkyl halides is 3. The van der Waals surface area contributed by atoms with Gasteiger partial charge in [-0.2, -0.15) is 13.2 Å². The maximum absolute atomic E-state index is 12.7. The van der Waals surface area contributed by atoms with Crippen molar-refractivity contribution in [1.82, 2.24) is 10.2 Å². The van der Waals surface area contributed by atoms with Gasteiger partial charge in [-0.05, 0) is 42.5 Å². The predicted octanol–water partition coefficient (Wildman–Crippen LogP) is 4.43. The van der Waals surface area contributed by atoms with E-state index in [-0.39, 0.29) is 17.3 Å². The van der Waals surface area contributed by atoms with Gasteiger partial charge in [0.15, 0.2) is 0 Å². The van der Waals surface area contributed by atoms with Crippen molar-refractivity contribution in [3.05, 3.63) is 54.1 Å². The Morgan fingerprint density at radius 3 is 2.17 bits per heavy atom. The smallest absolute Gasteiger partial charge is 0.416 e. The van der Waals surface area contributed by atoms with Crippen molar-refractivity contribution in [1.29, 1.82) is 0 Å². The molecular formula is C16H11F3N2O2. The van der Waals surface area contributed by atoms with E-state index in [4.69, 9.17) is 9.15 Å². The molecule has 2 aromatic carbocycles. The van der Waals surface area contributed by atoms with Crippen molar-refractivity contribution in [2.24, 2.45) is 0 Å². The summed E-state index contributed by atoms with van der Waals surface area (Å²) in [5.41, 5.74) is 0.0998. The van der Waals surface area contributed by atoms with Gasteiger partial charge >= 0.3 is 6.18 Å². The molecule has 3 rings (SSSR count). The lowest BCUT2D eigenvalue weighted by molar-refractivity contribution is -0.137. The average molecular weight is 320 g/mol. The van der Waals surface area contributed by atoms with E-state index in [1.807, 2.05) is 0 Å². The molecule has 0 radical (unpaired) electrons. The summed E-state index contributed by atoms with van der Waals surface area (Å²) in [6.07, 6.45) is -4.42. The van der Waals surface area contributed by atoms with Crippen molar-refractivity contribution in [2.75, 3.05) is 7.11 Å². The first kappa shape index (κ1) is 15.1. The highest BCUT2D eigenvalue weighted by molar-refractivity contribution is 5.59. The Labute approximate surface area is 129 Å². The van der Waals surface area contributed by atoms with E-state index >= 15 is 0 Å². The van der Waals surface area contributed by atoms with E-state index in [9.17, 15) is 13.2 Å². The van der Waals surface area contributed by atoms with Gasteiger partial charge in [0.2, 0.25) is 11.8 Å². The summed E-state index contributed by atoms with van der Waals surface area (Å²) < 4.78 is 48.8. The maximum Gasteiger partial charge on any atom is 0.416 e. The molecule has 0 N–H and O–H groups in total. The molecule has 7 heteroatoms. The largest absolute Gasteiger partial charge is 0.497 e. The number of benzene rings is 2. The number of rotatable bonds is 3. The Balaban J connectivity index is 1.92. The summed E-state index contributed by atoms with van der Waals surface area (Å²) in [6.45, 7) is 0. The second-order valence-electron chi connectivity index (χ2n) is 4.72. The van der Waals surface area contributed by atoms with Gasteiger partial charge in [0.05, 0.1) is 12.7 Å². The van der Waals surface area contributed by atoms with Crippen LogP contribution in [0.5, 0.6) is 5.75 Å². The van der Waals surface area contributed by atoms with E-state index in [0.29, 0.717) is 11.3 Å². The fourth-order valence-electron chi connectivity index (χ4n) is 2.02. The molecule has 0 bridgehead atoms. The van der Waals surface area contributed by atoms with Gasteiger partial charge in [0, 0.05) is 11.1 Å². The molecule has 0 aliphatic carbocycles. The molecule has 4 nitrogen and oxygen atoms in total. The molecule has 0 aliphatic heterocycles. The highest BCUT2D eigenvalue weighted by Gasteiger charge is 2.30. The van der Waals surface area contributed by atoms with Crippen LogP contribution < -0.4 is 4.74 Å². The van der Waals surface area contributed by atoms with Gasteiger partial charge in [-0.3, -0.25) is 0 Å². The number of ether oxygens (including phenoxy) is 1. The molecule has 0 aliphatic rings. The molecule has 23 heavy (non-hydrogen) atoms. The molecule has 118 valence electrons. The van der Waals surface area contributed by atoms with Gasteiger partial charge in [-0.25, -0.2) is 0 Å². The zero-order valence-corrected chi connectivity index (χ0v) is 12.0. The van der Waals surface area contributed by atoms with Crippen LogP contribution in [0.15, 0.2) is 52.9 Å². The predicted molar refractivity (Wildman–Crippen MR) is 76.7 cm³/mol. The van der Waals surface area contributed by atoms with Crippen LogP contribution >= 0.6 is 0 Å². The van der Waals surface area contributed by atoms with Crippen molar-refractivity contribution in [2.45, 2.75) is 6.18 Å². The number of hydrogen-bond acceptors (Lipinski definition) is 4. The molecule has 0 atom stereocenters. The summed E-state index contributed by atoms with van der Waals surface area (Å²) in [7, 11) is 1.55. The van der Waals surface area contributed by atoms with Crippen LogP contribution in [0.2, 0.25) is 0 Å². The highest BCUT2D eigenvalue weighted by Crippen LogP contribution is 2.32. The lowest BCUT2D eigenvalue weighted by Gasteiger charge is -2.06. The molecule has 0 saturated heterocycles. The van der Waals surface area contributed by atoms with Crippen LogP contribution in [0.1, 0.15) is 5.56 Å². The lowest BCUT2D eigenvalue weighted by Crippen LogP contribution is -2.04. The molecule has 1 heterocycles. The minimum atomic E-state index is -4.42. The number of methoxy groups -OCH3 is 1. The monoisotopic (exact) mass is 320 g/mol. The standard InChI is InChI=1S/C16H11F3N2O2/c1-22-13-7-5-10(6-8-13)14-20-21-15(23-14)11-3-2-4-12(9-11)16(17,18)19/h2-9H,1H3. The first-order chi connectivity index (χ1) is 11.0. The SMILES string of the molecule is COc1ccc(-c2nnc(-c3cccc(C(F)(F)F)c3)o2)cc1. The third-order valence-electron chi connectivity index (χ3n) is 3.20. The van der Waals surface area contributed by atoms with Gasteiger partial charge < -0.3 is 9.15 Å². The first-order valence-corrected chi connectivity index (χ1v) is 6.63. The van der Waals surface area contributed by atoms with Crippen molar-refractivity contribution >= 4 is 0 Å². The van der Waals surface area contributed by atoms with Crippen LogP contribution in [0.4, 0.5) is 13.2 Å². The Morgan fingerprint density at radius 2 is 1.57 bits per heavy atom. The number of halogens is 3. The molecule has 3 aromatic rings. The zero-order chi connectivity index (χ0) is 16.4. The van der Waals surface area contributed by atoms with Crippen LogP contribution in [0, 0.1) is 0 Å². The normalized spacial score (nSPS) is 11.5. The number of aromatic nitrogens is 2. The minimum absolute atomic E-state index is 0.0296. The Bertz CT molecular complexity index is 811. The second kappa shape index (κ2) is 5.75. The number of nitrogens with zero attached hydrogens (tertiary/aromatic N) is 2. The molecular weight excluding hydrogens is 309 g/mol. The summed E-state index contributed by atoms with van der Waals surface area (Å²) in [6, 6.07) is 11.7.